The van der Waals surface area contributed by atoms with E-state index in [9.17, 15) is 9.59 Å². The first-order valence-electron chi connectivity index (χ1n) is 7.85. The molecule has 1 spiro atoms. The number of hydrogen-bond acceptors (Lipinski definition) is 4. The Labute approximate surface area is 126 Å². The van der Waals surface area contributed by atoms with Gasteiger partial charge in [0.15, 0.2) is 0 Å². The predicted octanol–water partition coefficient (Wildman–Crippen LogP) is 0.701. The number of amides is 2. The van der Waals surface area contributed by atoms with Crippen LogP contribution >= 0.6 is 0 Å². The summed E-state index contributed by atoms with van der Waals surface area (Å²) < 4.78 is 10.4. The highest BCUT2D eigenvalue weighted by atomic mass is 16.5. The van der Waals surface area contributed by atoms with Gasteiger partial charge >= 0.3 is 0 Å². The predicted molar refractivity (Wildman–Crippen MR) is 77.9 cm³/mol. The smallest absolute Gasteiger partial charge is 0.248 e. The van der Waals surface area contributed by atoms with Crippen LogP contribution in [0.5, 0.6) is 0 Å². The van der Waals surface area contributed by atoms with E-state index < -0.39 is 5.54 Å². The van der Waals surface area contributed by atoms with Crippen LogP contribution in [0.3, 0.4) is 0 Å². The van der Waals surface area contributed by atoms with Gasteiger partial charge in [-0.1, -0.05) is 19.3 Å². The van der Waals surface area contributed by atoms with E-state index in [0.29, 0.717) is 26.4 Å². The molecule has 2 rings (SSSR count). The van der Waals surface area contributed by atoms with Crippen molar-refractivity contribution in [2.45, 2.75) is 44.1 Å². The fourth-order valence-electron chi connectivity index (χ4n) is 3.16. The minimum Gasteiger partial charge on any atom is -0.385 e. The molecule has 1 heterocycles. The summed E-state index contributed by atoms with van der Waals surface area (Å²) in [7, 11) is 1.66. The van der Waals surface area contributed by atoms with Gasteiger partial charge in [-0.05, 0) is 19.3 Å². The Balaban J connectivity index is 1.81. The first-order chi connectivity index (χ1) is 10.2. The number of carbonyl (C=O) groups excluding carboxylic acids is 2. The van der Waals surface area contributed by atoms with E-state index in [-0.39, 0.29) is 18.4 Å². The molecule has 1 N–H and O–H groups in total. The van der Waals surface area contributed by atoms with E-state index >= 15 is 0 Å². The lowest BCUT2D eigenvalue weighted by Crippen LogP contribution is -2.67. The number of hydrogen-bond donors (Lipinski definition) is 1. The van der Waals surface area contributed by atoms with Crippen molar-refractivity contribution in [3.63, 3.8) is 0 Å². The Kier molecular flexibility index (Phi) is 5.99. The van der Waals surface area contributed by atoms with Gasteiger partial charge in [-0.25, -0.2) is 0 Å². The summed E-state index contributed by atoms with van der Waals surface area (Å²) in [5.41, 5.74) is -0.635. The van der Waals surface area contributed by atoms with Crippen molar-refractivity contribution in [2.75, 3.05) is 40.0 Å². The lowest BCUT2D eigenvalue weighted by molar-refractivity contribution is -0.152. The highest BCUT2D eigenvalue weighted by molar-refractivity contribution is 5.98. The average Bonchev–Trinajstić information content (AvgIpc) is 2.48. The van der Waals surface area contributed by atoms with Crippen LogP contribution in [-0.4, -0.2) is 62.3 Å². The van der Waals surface area contributed by atoms with Gasteiger partial charge < -0.3 is 19.7 Å². The molecule has 1 aliphatic heterocycles. The minimum absolute atomic E-state index is 0.0455. The normalized spacial score (nSPS) is 21.7. The van der Waals surface area contributed by atoms with Crippen LogP contribution < -0.4 is 5.32 Å². The molecule has 2 aliphatic rings. The van der Waals surface area contributed by atoms with Crippen LogP contribution in [0.2, 0.25) is 0 Å². The molecule has 0 aromatic rings. The standard InChI is InChI=1S/C15H26N2O4/c1-20-9-5-10-21-11-8-17-12-13(18)16-15(14(17)19)6-3-2-4-7-15/h2-12H2,1H3,(H,16,18). The van der Waals surface area contributed by atoms with Crippen LogP contribution in [0.4, 0.5) is 0 Å². The third-order valence-corrected chi connectivity index (χ3v) is 4.26. The molecule has 0 bridgehead atoms. The van der Waals surface area contributed by atoms with Crippen molar-refractivity contribution < 1.29 is 19.1 Å². The van der Waals surface area contributed by atoms with Gasteiger partial charge in [0.05, 0.1) is 13.2 Å². The molecule has 1 saturated carbocycles. The van der Waals surface area contributed by atoms with Gasteiger partial charge in [-0.3, -0.25) is 9.59 Å². The third kappa shape index (κ3) is 4.17. The fourth-order valence-corrected chi connectivity index (χ4v) is 3.16. The number of nitrogens with one attached hydrogen (secondary N) is 1. The van der Waals surface area contributed by atoms with Crippen LogP contribution in [0.15, 0.2) is 0 Å². The van der Waals surface area contributed by atoms with Crippen molar-refractivity contribution in [3.8, 4) is 0 Å². The van der Waals surface area contributed by atoms with Crippen molar-refractivity contribution >= 4 is 11.8 Å². The van der Waals surface area contributed by atoms with Crippen molar-refractivity contribution in [1.82, 2.24) is 10.2 Å². The zero-order valence-corrected chi connectivity index (χ0v) is 12.9. The van der Waals surface area contributed by atoms with Crippen molar-refractivity contribution in [3.05, 3.63) is 0 Å². The summed E-state index contributed by atoms with van der Waals surface area (Å²) in [6, 6.07) is 0. The van der Waals surface area contributed by atoms with Gasteiger partial charge in [0, 0.05) is 26.9 Å². The number of methoxy groups -OCH3 is 1. The molecule has 120 valence electrons. The van der Waals surface area contributed by atoms with E-state index in [0.717, 1.165) is 38.5 Å². The number of nitrogens with zero attached hydrogens (tertiary/aromatic N) is 1. The molecule has 0 aromatic carbocycles. The van der Waals surface area contributed by atoms with E-state index in [1.807, 2.05) is 0 Å². The molecule has 2 amide bonds. The van der Waals surface area contributed by atoms with Crippen LogP contribution in [0, 0.1) is 0 Å². The summed E-state index contributed by atoms with van der Waals surface area (Å²) in [5, 5.41) is 2.94. The summed E-state index contributed by atoms with van der Waals surface area (Å²) in [6.07, 6.45) is 5.54. The molecule has 6 nitrogen and oxygen atoms in total. The molecule has 21 heavy (non-hydrogen) atoms. The topological polar surface area (TPSA) is 67.9 Å². The molecule has 6 heteroatoms. The fraction of sp³-hybridized carbons (Fsp3) is 0.867. The second kappa shape index (κ2) is 7.75. The van der Waals surface area contributed by atoms with E-state index in [2.05, 4.69) is 5.32 Å². The highest BCUT2D eigenvalue weighted by Gasteiger charge is 2.46. The van der Waals surface area contributed by atoms with Gasteiger partial charge in [-0.2, -0.15) is 0 Å². The van der Waals surface area contributed by atoms with Crippen LogP contribution in [-0.2, 0) is 19.1 Å². The first-order valence-corrected chi connectivity index (χ1v) is 7.85. The summed E-state index contributed by atoms with van der Waals surface area (Å²) in [4.78, 5) is 26.2. The molecule has 1 saturated heterocycles. The zero-order chi connectivity index (χ0) is 15.1. The number of ether oxygens (including phenoxy) is 2. The molecular formula is C15H26N2O4. The molecule has 0 atom stereocenters. The Morgan fingerprint density at radius 3 is 2.62 bits per heavy atom. The van der Waals surface area contributed by atoms with E-state index in [1.165, 1.54) is 0 Å². The maximum atomic E-state index is 12.6. The van der Waals surface area contributed by atoms with Crippen molar-refractivity contribution in [1.29, 1.82) is 0 Å². The van der Waals surface area contributed by atoms with E-state index in [4.69, 9.17) is 9.47 Å². The lowest BCUT2D eigenvalue weighted by atomic mass is 9.79. The molecule has 1 aliphatic carbocycles. The molecule has 0 radical (unpaired) electrons. The van der Waals surface area contributed by atoms with Crippen molar-refractivity contribution in [2.24, 2.45) is 0 Å². The number of rotatable bonds is 7. The monoisotopic (exact) mass is 298 g/mol. The summed E-state index contributed by atoms with van der Waals surface area (Å²) in [6.45, 7) is 2.41. The van der Waals surface area contributed by atoms with Gasteiger partial charge in [-0.15, -0.1) is 0 Å². The maximum Gasteiger partial charge on any atom is 0.248 e. The largest absolute Gasteiger partial charge is 0.385 e. The Bertz CT molecular complexity index is 367. The quantitative estimate of drug-likeness (QED) is 0.703. The molecular weight excluding hydrogens is 272 g/mol. The number of carbonyl (C=O) groups is 2. The Morgan fingerprint density at radius 1 is 1.14 bits per heavy atom. The minimum atomic E-state index is -0.635. The SMILES string of the molecule is COCCCOCCN1CC(=O)NC2(CCCCC2)C1=O. The molecule has 0 unspecified atom stereocenters. The van der Waals surface area contributed by atoms with Gasteiger partial charge in [0.25, 0.3) is 0 Å². The molecule has 2 fully saturated rings. The maximum absolute atomic E-state index is 12.6. The number of piperazine rings is 1. The first kappa shape index (κ1) is 16.2. The van der Waals surface area contributed by atoms with Crippen LogP contribution in [0.1, 0.15) is 38.5 Å². The summed E-state index contributed by atoms with van der Waals surface area (Å²) >= 11 is 0. The second-order valence-electron chi connectivity index (χ2n) is 5.88. The highest BCUT2D eigenvalue weighted by Crippen LogP contribution is 2.31. The van der Waals surface area contributed by atoms with E-state index in [1.54, 1.807) is 12.0 Å². The third-order valence-electron chi connectivity index (χ3n) is 4.26. The second-order valence-corrected chi connectivity index (χ2v) is 5.88. The van der Waals surface area contributed by atoms with Crippen LogP contribution in [0.25, 0.3) is 0 Å². The Hall–Kier alpha value is -1.14. The average molecular weight is 298 g/mol. The Morgan fingerprint density at radius 2 is 1.90 bits per heavy atom. The zero-order valence-electron chi connectivity index (χ0n) is 12.9. The molecule has 0 aromatic heterocycles. The summed E-state index contributed by atoms with van der Waals surface area (Å²) in [5.74, 6) is 0.0261. The van der Waals surface area contributed by atoms with Gasteiger partial charge in [0.2, 0.25) is 11.8 Å². The van der Waals surface area contributed by atoms with Gasteiger partial charge in [0.1, 0.15) is 5.54 Å². The lowest BCUT2D eigenvalue weighted by Gasteiger charge is -2.44.